The Labute approximate surface area is 90.1 Å². The second kappa shape index (κ2) is 4.49. The van der Waals surface area contributed by atoms with Gasteiger partial charge in [0.15, 0.2) is 0 Å². The van der Waals surface area contributed by atoms with Crippen molar-refractivity contribution in [2.75, 3.05) is 13.2 Å². The summed E-state index contributed by atoms with van der Waals surface area (Å²) in [6.45, 7) is 9.87. The highest BCUT2D eigenvalue weighted by atomic mass is 16.7. The van der Waals surface area contributed by atoms with Gasteiger partial charge in [-0.15, -0.1) is 0 Å². The van der Waals surface area contributed by atoms with Crippen LogP contribution < -0.4 is 0 Å². The summed E-state index contributed by atoms with van der Waals surface area (Å²) < 4.78 is 5.17. The lowest BCUT2D eigenvalue weighted by Gasteiger charge is -2.28. The molecule has 1 aliphatic heterocycles. The molecule has 0 aliphatic carbocycles. The highest BCUT2D eigenvalue weighted by Crippen LogP contribution is 2.14. The fraction of sp³-hybridized carbons (Fsp3) is 0.545. The molecular weight excluding hydrogens is 194 g/mol. The van der Waals surface area contributed by atoms with Crippen molar-refractivity contribution in [1.82, 2.24) is 5.06 Å². The molecule has 0 fully saturated rings. The van der Waals surface area contributed by atoms with Gasteiger partial charge in [0.1, 0.15) is 5.60 Å². The van der Waals surface area contributed by atoms with E-state index in [1.807, 2.05) is 26.8 Å². The van der Waals surface area contributed by atoms with Gasteiger partial charge in [-0.1, -0.05) is 18.7 Å². The molecule has 0 aromatic heterocycles. The van der Waals surface area contributed by atoms with Gasteiger partial charge < -0.3 is 4.74 Å². The van der Waals surface area contributed by atoms with Crippen molar-refractivity contribution in [2.45, 2.75) is 26.4 Å². The van der Waals surface area contributed by atoms with E-state index in [1.165, 1.54) is 5.06 Å². The van der Waals surface area contributed by atoms with Crippen LogP contribution in [-0.4, -0.2) is 29.9 Å². The van der Waals surface area contributed by atoms with Gasteiger partial charge in [-0.2, -0.15) is 5.06 Å². The topological polar surface area (TPSA) is 38.8 Å². The van der Waals surface area contributed by atoms with Gasteiger partial charge >= 0.3 is 6.09 Å². The Kier molecular flexibility index (Phi) is 3.52. The van der Waals surface area contributed by atoms with E-state index in [-0.39, 0.29) is 0 Å². The van der Waals surface area contributed by atoms with Crippen LogP contribution in [0.5, 0.6) is 0 Å². The number of carbonyl (C=O) groups is 1. The highest BCUT2D eigenvalue weighted by Gasteiger charge is 2.24. The summed E-state index contributed by atoms with van der Waals surface area (Å²) >= 11 is 0. The van der Waals surface area contributed by atoms with E-state index in [0.29, 0.717) is 13.2 Å². The maximum absolute atomic E-state index is 11.6. The highest BCUT2D eigenvalue weighted by molar-refractivity contribution is 5.67. The molecule has 15 heavy (non-hydrogen) atoms. The van der Waals surface area contributed by atoms with Crippen molar-refractivity contribution in [1.29, 1.82) is 0 Å². The maximum Gasteiger partial charge on any atom is 0.434 e. The van der Waals surface area contributed by atoms with Gasteiger partial charge in [0.2, 0.25) is 0 Å². The van der Waals surface area contributed by atoms with Crippen LogP contribution in [0.2, 0.25) is 0 Å². The minimum atomic E-state index is -0.504. The molecule has 4 nitrogen and oxygen atoms in total. The van der Waals surface area contributed by atoms with E-state index in [4.69, 9.17) is 9.57 Å². The van der Waals surface area contributed by atoms with Crippen molar-refractivity contribution in [3.63, 3.8) is 0 Å². The van der Waals surface area contributed by atoms with Crippen LogP contribution in [0.3, 0.4) is 0 Å². The van der Waals surface area contributed by atoms with Crippen LogP contribution in [-0.2, 0) is 9.57 Å². The Bertz CT molecular complexity index is 289. The summed E-state index contributed by atoms with van der Waals surface area (Å²) in [6.07, 6.45) is 3.13. The third-order valence-corrected chi connectivity index (χ3v) is 1.76. The number of hydrogen-bond acceptors (Lipinski definition) is 3. The summed E-state index contributed by atoms with van der Waals surface area (Å²) in [4.78, 5) is 16.7. The molecule has 0 spiro atoms. The Hall–Kier alpha value is -1.29. The van der Waals surface area contributed by atoms with Crippen LogP contribution in [0, 0.1) is 0 Å². The average molecular weight is 211 g/mol. The lowest BCUT2D eigenvalue weighted by atomic mass is 10.2. The molecule has 0 saturated heterocycles. The van der Waals surface area contributed by atoms with Crippen LogP contribution >= 0.6 is 0 Å². The zero-order chi connectivity index (χ0) is 11.5. The molecule has 1 aliphatic rings. The molecule has 0 aromatic rings. The lowest BCUT2D eigenvalue weighted by Crippen LogP contribution is -2.39. The first-order valence-corrected chi connectivity index (χ1v) is 4.87. The van der Waals surface area contributed by atoms with Gasteiger partial charge in [0, 0.05) is 0 Å². The Balaban J connectivity index is 2.55. The molecule has 84 valence electrons. The summed E-state index contributed by atoms with van der Waals surface area (Å²) in [7, 11) is 0. The van der Waals surface area contributed by atoms with E-state index in [0.717, 1.165) is 5.57 Å². The second-order valence-electron chi connectivity index (χ2n) is 4.30. The number of nitrogens with zero attached hydrogens (tertiary/aromatic N) is 1. The summed E-state index contributed by atoms with van der Waals surface area (Å²) in [5.41, 5.74) is 0.461. The number of carbonyl (C=O) groups excluding carboxylic acids is 1. The third-order valence-electron chi connectivity index (χ3n) is 1.76. The van der Waals surface area contributed by atoms with Crippen LogP contribution in [0.1, 0.15) is 20.8 Å². The van der Waals surface area contributed by atoms with Gasteiger partial charge in [0.25, 0.3) is 0 Å². The molecule has 1 heterocycles. The molecule has 0 unspecified atom stereocenters. The van der Waals surface area contributed by atoms with Gasteiger partial charge in [-0.25, -0.2) is 4.79 Å². The number of hydrogen-bond donors (Lipinski definition) is 0. The van der Waals surface area contributed by atoms with E-state index in [2.05, 4.69) is 6.58 Å². The monoisotopic (exact) mass is 211 g/mol. The molecule has 0 aromatic carbocycles. The lowest BCUT2D eigenvalue weighted by molar-refractivity contribution is -0.137. The average Bonchev–Trinajstić information content (AvgIpc) is 2.15. The maximum atomic E-state index is 11.6. The van der Waals surface area contributed by atoms with E-state index >= 15 is 0 Å². The molecule has 0 saturated carbocycles. The number of amides is 1. The summed E-state index contributed by atoms with van der Waals surface area (Å²) in [5.74, 6) is 0. The summed E-state index contributed by atoms with van der Waals surface area (Å²) in [6, 6.07) is 0. The quantitative estimate of drug-likeness (QED) is 0.668. The van der Waals surface area contributed by atoms with Crippen LogP contribution in [0.15, 0.2) is 24.3 Å². The van der Waals surface area contributed by atoms with E-state index in [9.17, 15) is 4.79 Å². The zero-order valence-corrected chi connectivity index (χ0v) is 9.45. The Morgan fingerprint density at radius 2 is 2.33 bits per heavy atom. The van der Waals surface area contributed by atoms with Crippen molar-refractivity contribution < 1.29 is 14.4 Å². The second-order valence-corrected chi connectivity index (χ2v) is 4.30. The largest absolute Gasteiger partial charge is 0.442 e. The first-order valence-electron chi connectivity index (χ1n) is 4.87. The van der Waals surface area contributed by atoms with Crippen molar-refractivity contribution in [3.8, 4) is 0 Å². The van der Waals surface area contributed by atoms with E-state index < -0.39 is 11.7 Å². The predicted octanol–water partition coefficient (Wildman–Crippen LogP) is 2.28. The number of ether oxygens (including phenoxy) is 1. The Morgan fingerprint density at radius 1 is 1.67 bits per heavy atom. The fourth-order valence-corrected chi connectivity index (χ4v) is 1.09. The normalized spacial score (nSPS) is 17.0. The van der Waals surface area contributed by atoms with E-state index in [1.54, 1.807) is 6.08 Å². The Morgan fingerprint density at radius 3 is 2.87 bits per heavy atom. The molecule has 4 heteroatoms. The SMILES string of the molecule is C=CC1=CCON(C(=O)OC(C)(C)C)C1. The van der Waals surface area contributed by atoms with Gasteiger partial charge in [0.05, 0.1) is 13.2 Å². The van der Waals surface area contributed by atoms with Crippen molar-refractivity contribution >= 4 is 6.09 Å². The smallest absolute Gasteiger partial charge is 0.434 e. The number of hydroxylamine groups is 2. The molecule has 1 rings (SSSR count). The van der Waals surface area contributed by atoms with Crippen molar-refractivity contribution in [3.05, 3.63) is 24.3 Å². The standard InChI is InChI=1S/C11H17NO3/c1-5-9-6-7-14-12(8-9)10(13)15-11(2,3)4/h5-6H,1,7-8H2,2-4H3. The third kappa shape index (κ3) is 3.75. The first kappa shape index (κ1) is 11.8. The van der Waals surface area contributed by atoms with Crippen LogP contribution in [0.4, 0.5) is 4.79 Å². The van der Waals surface area contributed by atoms with Crippen molar-refractivity contribution in [2.24, 2.45) is 0 Å². The molecule has 0 radical (unpaired) electrons. The predicted molar refractivity (Wildman–Crippen MR) is 57.2 cm³/mol. The first-order chi connectivity index (χ1) is 6.92. The minimum absolute atomic E-state index is 0.376. The molecule has 0 N–H and O–H groups in total. The number of rotatable bonds is 1. The van der Waals surface area contributed by atoms with Gasteiger partial charge in [-0.05, 0) is 26.3 Å². The zero-order valence-electron chi connectivity index (χ0n) is 9.45. The molecule has 0 atom stereocenters. The summed E-state index contributed by atoms with van der Waals surface area (Å²) in [5, 5.41) is 1.21. The minimum Gasteiger partial charge on any atom is -0.442 e. The molecular formula is C11H17NO3. The van der Waals surface area contributed by atoms with Crippen LogP contribution in [0.25, 0.3) is 0 Å². The van der Waals surface area contributed by atoms with Gasteiger partial charge in [-0.3, -0.25) is 4.84 Å². The molecule has 0 bridgehead atoms. The fourth-order valence-electron chi connectivity index (χ4n) is 1.09. The molecule has 1 amide bonds.